The number of ether oxygens (including phenoxy) is 1. The van der Waals surface area contributed by atoms with E-state index in [0.717, 1.165) is 18.7 Å². The Morgan fingerprint density at radius 1 is 1.18 bits per heavy atom. The predicted octanol–water partition coefficient (Wildman–Crippen LogP) is 4.79. The Kier molecular flexibility index (Phi) is 4.58. The summed E-state index contributed by atoms with van der Waals surface area (Å²) in [6.07, 6.45) is 0.989. The van der Waals surface area contributed by atoms with Gasteiger partial charge in [0.2, 0.25) is 0 Å². The van der Waals surface area contributed by atoms with Crippen LogP contribution < -0.4 is 15.0 Å². The van der Waals surface area contributed by atoms with Gasteiger partial charge in [0.25, 0.3) is 0 Å². The molecule has 4 rings (SSSR count). The minimum atomic E-state index is -0.464. The van der Waals surface area contributed by atoms with Crippen LogP contribution in [0, 0.1) is 0 Å². The second kappa shape index (κ2) is 6.82. The molecule has 0 spiro atoms. The number of carbonyl (C=O) groups excluding carboxylic acids is 1. The molecule has 28 heavy (non-hydrogen) atoms. The number of hydrogen-bond donors (Lipinski definition) is 1. The van der Waals surface area contributed by atoms with Crippen LogP contribution in [0.5, 0.6) is 5.75 Å². The minimum Gasteiger partial charge on any atom is -0.410 e. The summed E-state index contributed by atoms with van der Waals surface area (Å²) in [4.78, 5) is 17.1. The van der Waals surface area contributed by atoms with Crippen LogP contribution in [0.2, 0.25) is 0 Å². The van der Waals surface area contributed by atoms with Gasteiger partial charge in [-0.1, -0.05) is 32.9 Å². The van der Waals surface area contributed by atoms with Gasteiger partial charge in [0.05, 0.1) is 6.17 Å². The van der Waals surface area contributed by atoms with Crippen LogP contribution in [0.1, 0.15) is 44.2 Å². The first-order valence-electron chi connectivity index (χ1n) is 9.96. The molecule has 1 amide bonds. The van der Waals surface area contributed by atoms with Gasteiger partial charge in [-0.3, -0.25) is 10.2 Å². The lowest BCUT2D eigenvalue weighted by Gasteiger charge is -2.32. The van der Waals surface area contributed by atoms with Gasteiger partial charge in [-0.25, -0.2) is 4.79 Å². The van der Waals surface area contributed by atoms with Crippen molar-refractivity contribution in [1.29, 1.82) is 0 Å². The number of nitrogens with one attached hydrogen (secondary N) is 1. The van der Waals surface area contributed by atoms with Crippen molar-refractivity contribution in [3.63, 3.8) is 0 Å². The summed E-state index contributed by atoms with van der Waals surface area (Å²) in [5.74, 6) is 1.05. The van der Waals surface area contributed by atoms with Crippen molar-refractivity contribution >= 4 is 17.5 Å². The van der Waals surface area contributed by atoms with Crippen LogP contribution >= 0.6 is 0 Å². The average molecular weight is 380 g/mol. The highest BCUT2D eigenvalue weighted by Gasteiger charge is 2.52. The predicted molar refractivity (Wildman–Crippen MR) is 113 cm³/mol. The van der Waals surface area contributed by atoms with E-state index in [1.807, 2.05) is 36.4 Å². The molecule has 5 heteroatoms. The second-order valence-electron chi connectivity index (χ2n) is 8.60. The molecule has 148 valence electrons. The Balaban J connectivity index is 1.49. The SMILES string of the molecule is CC(C)c1ccc(NC(=O)Oc2ccc3c(c2)[C@]2(C)CCN(C)C2N3C)cc1. The molecule has 0 radical (unpaired) electrons. The molecule has 2 aliphatic heterocycles. The number of nitrogens with zero attached hydrogens (tertiary/aromatic N) is 2. The lowest BCUT2D eigenvalue weighted by Crippen LogP contribution is -2.45. The molecule has 2 aromatic carbocycles. The molecule has 1 saturated heterocycles. The first-order chi connectivity index (χ1) is 13.3. The molecule has 2 aromatic rings. The van der Waals surface area contributed by atoms with Crippen molar-refractivity contribution in [3.8, 4) is 5.75 Å². The van der Waals surface area contributed by atoms with E-state index in [1.165, 1.54) is 16.8 Å². The molecule has 2 heterocycles. The highest BCUT2D eigenvalue weighted by molar-refractivity contribution is 5.86. The largest absolute Gasteiger partial charge is 0.417 e. The van der Waals surface area contributed by atoms with E-state index in [2.05, 4.69) is 56.0 Å². The van der Waals surface area contributed by atoms with Gasteiger partial charge in [0, 0.05) is 30.4 Å². The van der Waals surface area contributed by atoms with Gasteiger partial charge in [0.15, 0.2) is 0 Å². The minimum absolute atomic E-state index is 0.0569. The van der Waals surface area contributed by atoms with Crippen LogP contribution in [0.4, 0.5) is 16.2 Å². The van der Waals surface area contributed by atoms with Gasteiger partial charge in [-0.05, 0) is 60.8 Å². The maximum atomic E-state index is 12.4. The van der Waals surface area contributed by atoms with E-state index >= 15 is 0 Å². The van der Waals surface area contributed by atoms with Crippen LogP contribution in [-0.2, 0) is 5.41 Å². The number of likely N-dealkylation sites (tertiary alicyclic amines) is 1. The summed E-state index contributed by atoms with van der Waals surface area (Å²) in [6, 6.07) is 13.9. The Morgan fingerprint density at radius 2 is 1.89 bits per heavy atom. The zero-order chi connectivity index (χ0) is 20.1. The van der Waals surface area contributed by atoms with Crippen molar-refractivity contribution < 1.29 is 9.53 Å². The first kappa shape index (κ1) is 18.8. The van der Waals surface area contributed by atoms with E-state index in [4.69, 9.17) is 4.74 Å². The van der Waals surface area contributed by atoms with Crippen molar-refractivity contribution in [1.82, 2.24) is 4.90 Å². The van der Waals surface area contributed by atoms with Gasteiger partial charge < -0.3 is 9.64 Å². The molecular formula is C23H29N3O2. The van der Waals surface area contributed by atoms with Crippen molar-refractivity contribution in [3.05, 3.63) is 53.6 Å². The normalized spacial score (nSPS) is 23.6. The van der Waals surface area contributed by atoms with Crippen LogP contribution in [0.15, 0.2) is 42.5 Å². The maximum Gasteiger partial charge on any atom is 0.417 e. The van der Waals surface area contributed by atoms with E-state index in [-0.39, 0.29) is 5.41 Å². The zero-order valence-electron chi connectivity index (χ0n) is 17.3. The number of carbonyl (C=O) groups is 1. The number of likely N-dealkylation sites (N-methyl/N-ethyl adjacent to an activating group) is 2. The van der Waals surface area contributed by atoms with Crippen molar-refractivity contribution in [2.45, 2.75) is 44.7 Å². The Hall–Kier alpha value is -2.53. The first-order valence-corrected chi connectivity index (χ1v) is 9.96. The summed E-state index contributed by atoms with van der Waals surface area (Å²) in [5.41, 5.74) is 4.51. The monoisotopic (exact) mass is 379 g/mol. The molecule has 5 nitrogen and oxygen atoms in total. The molecule has 0 aromatic heterocycles. The van der Waals surface area contributed by atoms with Crippen molar-refractivity contribution in [2.75, 3.05) is 30.9 Å². The molecule has 0 aliphatic carbocycles. The lowest BCUT2D eigenvalue weighted by atomic mass is 9.81. The Labute approximate surface area is 167 Å². The molecule has 1 N–H and O–H groups in total. The highest BCUT2D eigenvalue weighted by atomic mass is 16.6. The number of amides is 1. The fraction of sp³-hybridized carbons (Fsp3) is 0.435. The standard InChI is InChI=1S/C23H29N3O2/c1-15(2)16-6-8-17(9-7-16)24-22(27)28-18-10-11-20-19(14-18)23(3)12-13-25(4)21(23)26(20)5/h6-11,14-15,21H,12-13H2,1-5H3,(H,24,27)/t21?,23-/m0/s1. The molecule has 2 atom stereocenters. The van der Waals surface area contributed by atoms with Crippen LogP contribution in [0.3, 0.4) is 0 Å². The summed E-state index contributed by atoms with van der Waals surface area (Å²) in [5, 5.41) is 2.82. The zero-order valence-corrected chi connectivity index (χ0v) is 17.3. The smallest absolute Gasteiger partial charge is 0.410 e. The number of hydrogen-bond acceptors (Lipinski definition) is 4. The summed E-state index contributed by atoms with van der Waals surface area (Å²) in [6.45, 7) is 7.68. The number of fused-ring (bicyclic) bond motifs is 3. The fourth-order valence-corrected chi connectivity index (χ4v) is 4.82. The molecule has 1 unspecified atom stereocenters. The Bertz CT molecular complexity index is 893. The number of benzene rings is 2. The van der Waals surface area contributed by atoms with Crippen molar-refractivity contribution in [2.24, 2.45) is 0 Å². The van der Waals surface area contributed by atoms with E-state index in [1.54, 1.807) is 0 Å². The van der Waals surface area contributed by atoms with E-state index in [0.29, 0.717) is 17.8 Å². The number of anilines is 2. The van der Waals surface area contributed by atoms with Crippen LogP contribution in [0.25, 0.3) is 0 Å². The van der Waals surface area contributed by atoms with E-state index < -0.39 is 6.09 Å². The topological polar surface area (TPSA) is 44.8 Å². The quantitative estimate of drug-likeness (QED) is 0.833. The third-order valence-corrected chi connectivity index (χ3v) is 6.34. The van der Waals surface area contributed by atoms with Gasteiger partial charge >= 0.3 is 6.09 Å². The lowest BCUT2D eigenvalue weighted by molar-refractivity contribution is 0.215. The Morgan fingerprint density at radius 3 is 2.57 bits per heavy atom. The third-order valence-electron chi connectivity index (χ3n) is 6.34. The maximum absolute atomic E-state index is 12.4. The van der Waals surface area contributed by atoms with Gasteiger partial charge in [-0.2, -0.15) is 0 Å². The van der Waals surface area contributed by atoms with E-state index in [9.17, 15) is 4.79 Å². The fourth-order valence-electron chi connectivity index (χ4n) is 4.82. The summed E-state index contributed by atoms with van der Waals surface area (Å²) >= 11 is 0. The van der Waals surface area contributed by atoms with Gasteiger partial charge in [0.1, 0.15) is 5.75 Å². The third kappa shape index (κ3) is 3.04. The average Bonchev–Trinajstić information content (AvgIpc) is 3.07. The second-order valence-corrected chi connectivity index (χ2v) is 8.60. The molecular weight excluding hydrogens is 350 g/mol. The molecule has 1 fully saturated rings. The molecule has 0 bridgehead atoms. The summed E-state index contributed by atoms with van der Waals surface area (Å²) < 4.78 is 5.59. The highest BCUT2D eigenvalue weighted by Crippen LogP contribution is 2.51. The molecule has 0 saturated carbocycles. The number of rotatable bonds is 3. The van der Waals surface area contributed by atoms with Crippen LogP contribution in [-0.4, -0.2) is 37.8 Å². The van der Waals surface area contributed by atoms with Gasteiger partial charge in [-0.15, -0.1) is 0 Å². The molecule has 2 aliphatic rings. The summed E-state index contributed by atoms with van der Waals surface area (Å²) in [7, 11) is 4.32.